The van der Waals surface area contributed by atoms with E-state index >= 15 is 0 Å². The van der Waals surface area contributed by atoms with E-state index in [1.54, 1.807) is 12.1 Å². The first-order valence-electron chi connectivity index (χ1n) is 4.82. The number of hydrogen-bond donors (Lipinski definition) is 3. The number of hydrogen-bond acceptors (Lipinski definition) is 3. The maximum atomic E-state index is 10.7. The number of anilines is 1. The predicted octanol–water partition coefficient (Wildman–Crippen LogP) is 1.09. The Bertz CT molecular complexity index is 364. The van der Waals surface area contributed by atoms with E-state index in [0.29, 0.717) is 12.2 Å². The third-order valence-corrected chi connectivity index (χ3v) is 2.45. The number of nitrogens with two attached hydrogens (primary N) is 2. The van der Waals surface area contributed by atoms with E-state index in [2.05, 4.69) is 0 Å². The molecule has 1 aromatic carbocycles. The fourth-order valence-electron chi connectivity index (χ4n) is 1.63. The molecule has 0 radical (unpaired) electrons. The molecule has 0 aromatic heterocycles. The second-order valence-corrected chi connectivity index (χ2v) is 3.65. The van der Waals surface area contributed by atoms with Gasteiger partial charge in [-0.05, 0) is 36.7 Å². The number of carbonyl (C=O) groups is 1. The Morgan fingerprint density at radius 1 is 1.53 bits per heavy atom. The van der Waals surface area contributed by atoms with E-state index in [0.717, 1.165) is 11.1 Å². The number of nitrogen functional groups attached to an aromatic ring is 1. The van der Waals surface area contributed by atoms with Gasteiger partial charge >= 0.3 is 5.97 Å². The van der Waals surface area contributed by atoms with E-state index < -0.39 is 5.97 Å². The zero-order chi connectivity index (χ0) is 11.4. The molecule has 4 heteroatoms. The molecule has 0 spiro atoms. The molecule has 0 fully saturated rings. The van der Waals surface area contributed by atoms with Gasteiger partial charge in [-0.2, -0.15) is 0 Å². The molecule has 0 amide bonds. The molecule has 1 unspecified atom stereocenters. The first kappa shape index (κ1) is 11.5. The molecule has 4 nitrogen and oxygen atoms in total. The average molecular weight is 208 g/mol. The lowest BCUT2D eigenvalue weighted by atomic mass is 9.92. The van der Waals surface area contributed by atoms with Crippen molar-refractivity contribution in [3.05, 3.63) is 29.3 Å². The highest BCUT2D eigenvalue weighted by Gasteiger charge is 2.15. The largest absolute Gasteiger partial charge is 0.481 e. The van der Waals surface area contributed by atoms with Crippen LogP contribution in [-0.2, 0) is 4.79 Å². The third-order valence-electron chi connectivity index (χ3n) is 2.45. The molecule has 82 valence electrons. The summed E-state index contributed by atoms with van der Waals surface area (Å²) in [5.74, 6) is -1.00. The van der Waals surface area contributed by atoms with Crippen LogP contribution in [0.4, 0.5) is 5.69 Å². The van der Waals surface area contributed by atoms with Gasteiger partial charge in [0, 0.05) is 11.6 Å². The molecule has 1 atom stereocenters. The van der Waals surface area contributed by atoms with Gasteiger partial charge in [0.15, 0.2) is 0 Å². The van der Waals surface area contributed by atoms with Gasteiger partial charge in [-0.1, -0.05) is 6.07 Å². The van der Waals surface area contributed by atoms with Crippen LogP contribution in [0.3, 0.4) is 0 Å². The Morgan fingerprint density at radius 2 is 2.20 bits per heavy atom. The van der Waals surface area contributed by atoms with Gasteiger partial charge in [-0.15, -0.1) is 0 Å². The van der Waals surface area contributed by atoms with Crippen LogP contribution in [0, 0.1) is 6.92 Å². The lowest BCUT2D eigenvalue weighted by Crippen LogP contribution is -2.17. The molecule has 0 bridgehead atoms. The minimum atomic E-state index is -0.840. The van der Waals surface area contributed by atoms with Gasteiger partial charge in [0.05, 0.1) is 6.42 Å². The summed E-state index contributed by atoms with van der Waals surface area (Å²) in [4.78, 5) is 10.7. The van der Waals surface area contributed by atoms with Crippen molar-refractivity contribution in [2.75, 3.05) is 12.3 Å². The van der Waals surface area contributed by atoms with Crippen molar-refractivity contribution >= 4 is 11.7 Å². The summed E-state index contributed by atoms with van der Waals surface area (Å²) in [5, 5.41) is 8.75. The molecule has 0 aliphatic carbocycles. The normalized spacial score (nSPS) is 12.4. The maximum absolute atomic E-state index is 10.7. The SMILES string of the molecule is Cc1ccc(N)cc1C(CN)CC(=O)O. The van der Waals surface area contributed by atoms with Crippen molar-refractivity contribution in [1.82, 2.24) is 0 Å². The topological polar surface area (TPSA) is 89.3 Å². The van der Waals surface area contributed by atoms with Gasteiger partial charge in [0.1, 0.15) is 0 Å². The van der Waals surface area contributed by atoms with E-state index in [4.69, 9.17) is 16.6 Å². The van der Waals surface area contributed by atoms with Gasteiger partial charge in [-0.3, -0.25) is 4.79 Å². The highest BCUT2D eigenvalue weighted by Crippen LogP contribution is 2.24. The van der Waals surface area contributed by atoms with Crippen LogP contribution in [0.1, 0.15) is 23.5 Å². The van der Waals surface area contributed by atoms with Crippen LogP contribution < -0.4 is 11.5 Å². The summed E-state index contributed by atoms with van der Waals surface area (Å²) >= 11 is 0. The number of aryl methyl sites for hydroxylation is 1. The Morgan fingerprint density at radius 3 is 2.73 bits per heavy atom. The molecule has 0 aliphatic rings. The Labute approximate surface area is 88.9 Å². The Hall–Kier alpha value is -1.55. The van der Waals surface area contributed by atoms with E-state index in [1.165, 1.54) is 0 Å². The summed E-state index contributed by atoms with van der Waals surface area (Å²) in [6.07, 6.45) is 0.0425. The molecule has 0 saturated carbocycles. The van der Waals surface area contributed by atoms with E-state index in [9.17, 15) is 4.79 Å². The van der Waals surface area contributed by atoms with Crippen molar-refractivity contribution in [2.24, 2.45) is 5.73 Å². The summed E-state index contributed by atoms with van der Waals surface area (Å²) in [5.41, 5.74) is 13.8. The second kappa shape index (κ2) is 4.79. The van der Waals surface area contributed by atoms with Crippen LogP contribution in [0.2, 0.25) is 0 Å². The molecule has 0 saturated heterocycles. The number of rotatable bonds is 4. The number of benzene rings is 1. The smallest absolute Gasteiger partial charge is 0.304 e. The molecule has 1 aromatic rings. The minimum Gasteiger partial charge on any atom is -0.481 e. The maximum Gasteiger partial charge on any atom is 0.304 e. The van der Waals surface area contributed by atoms with Crippen molar-refractivity contribution in [3.63, 3.8) is 0 Å². The molecular weight excluding hydrogens is 192 g/mol. The average Bonchev–Trinajstić information content (AvgIpc) is 2.18. The monoisotopic (exact) mass is 208 g/mol. The predicted molar refractivity (Wildman–Crippen MR) is 59.6 cm³/mol. The third kappa shape index (κ3) is 2.95. The number of aliphatic carboxylic acids is 1. The number of carboxylic acid groups (broad SMARTS) is 1. The zero-order valence-electron chi connectivity index (χ0n) is 8.73. The summed E-state index contributed by atoms with van der Waals surface area (Å²) in [7, 11) is 0. The van der Waals surface area contributed by atoms with E-state index in [-0.39, 0.29) is 12.3 Å². The highest BCUT2D eigenvalue weighted by atomic mass is 16.4. The van der Waals surface area contributed by atoms with Gasteiger partial charge in [0.25, 0.3) is 0 Å². The van der Waals surface area contributed by atoms with Crippen LogP contribution in [0.25, 0.3) is 0 Å². The standard InChI is InChI=1S/C11H16N2O2/c1-7-2-3-9(13)5-10(7)8(6-12)4-11(14)15/h2-3,5,8H,4,6,12-13H2,1H3,(H,14,15). The highest BCUT2D eigenvalue weighted by molar-refractivity contribution is 5.68. The second-order valence-electron chi connectivity index (χ2n) is 3.65. The first-order valence-corrected chi connectivity index (χ1v) is 4.82. The quantitative estimate of drug-likeness (QED) is 0.646. The molecule has 5 N–H and O–H groups in total. The Balaban J connectivity index is 3.00. The van der Waals surface area contributed by atoms with Gasteiger partial charge < -0.3 is 16.6 Å². The van der Waals surface area contributed by atoms with Crippen LogP contribution in [-0.4, -0.2) is 17.6 Å². The van der Waals surface area contributed by atoms with Crippen molar-refractivity contribution < 1.29 is 9.90 Å². The van der Waals surface area contributed by atoms with Crippen molar-refractivity contribution in [3.8, 4) is 0 Å². The molecule has 15 heavy (non-hydrogen) atoms. The number of carboxylic acids is 1. The van der Waals surface area contributed by atoms with Crippen LogP contribution >= 0.6 is 0 Å². The van der Waals surface area contributed by atoms with Crippen LogP contribution in [0.5, 0.6) is 0 Å². The summed E-state index contributed by atoms with van der Waals surface area (Å²) < 4.78 is 0. The lowest BCUT2D eigenvalue weighted by Gasteiger charge is -2.16. The molecular formula is C11H16N2O2. The van der Waals surface area contributed by atoms with Gasteiger partial charge in [-0.25, -0.2) is 0 Å². The summed E-state index contributed by atoms with van der Waals surface area (Å²) in [6, 6.07) is 5.48. The van der Waals surface area contributed by atoms with E-state index in [1.807, 2.05) is 13.0 Å². The summed E-state index contributed by atoms with van der Waals surface area (Å²) in [6.45, 7) is 2.25. The molecule has 0 heterocycles. The lowest BCUT2D eigenvalue weighted by molar-refractivity contribution is -0.137. The Kier molecular flexibility index (Phi) is 3.68. The fraction of sp³-hybridized carbons (Fsp3) is 0.364. The van der Waals surface area contributed by atoms with Crippen LogP contribution in [0.15, 0.2) is 18.2 Å². The minimum absolute atomic E-state index is 0.0425. The van der Waals surface area contributed by atoms with Gasteiger partial charge in [0.2, 0.25) is 0 Å². The fourth-order valence-corrected chi connectivity index (χ4v) is 1.63. The first-order chi connectivity index (χ1) is 7.04. The van der Waals surface area contributed by atoms with Crippen molar-refractivity contribution in [1.29, 1.82) is 0 Å². The molecule has 0 aliphatic heterocycles. The van der Waals surface area contributed by atoms with Crippen molar-refractivity contribution in [2.45, 2.75) is 19.3 Å². The molecule has 1 rings (SSSR count). The zero-order valence-corrected chi connectivity index (χ0v) is 8.73.